The van der Waals surface area contributed by atoms with Crippen LogP contribution in [0.1, 0.15) is 47.2 Å². The van der Waals surface area contributed by atoms with E-state index in [-0.39, 0.29) is 5.41 Å². The molecule has 0 saturated carbocycles. The maximum Gasteiger partial charge on any atom is 0.137 e. The number of benzene rings is 12. The van der Waals surface area contributed by atoms with Crippen LogP contribution in [-0.2, 0) is 10.8 Å². The minimum Gasteiger partial charge on any atom is -0.456 e. The van der Waals surface area contributed by atoms with Gasteiger partial charge in [0.05, 0.1) is 5.41 Å². The Kier molecular flexibility index (Phi) is 7.38. The first-order chi connectivity index (χ1) is 34.5. The quantitative estimate of drug-likeness (QED) is 0.164. The molecule has 70 heavy (non-hydrogen) atoms. The zero-order valence-corrected chi connectivity index (χ0v) is 38.7. The molecule has 1 unspecified atom stereocenters. The molecule has 326 valence electrons. The van der Waals surface area contributed by atoms with Gasteiger partial charge in [-0.25, -0.2) is 0 Å². The molecular formula is C68H43NO. The second-order valence-electron chi connectivity index (χ2n) is 20.3. The van der Waals surface area contributed by atoms with E-state index in [4.69, 9.17) is 4.42 Å². The molecule has 2 nitrogen and oxygen atoms in total. The van der Waals surface area contributed by atoms with Crippen molar-refractivity contribution in [2.24, 2.45) is 0 Å². The first kappa shape index (κ1) is 38.3. The van der Waals surface area contributed by atoms with Crippen LogP contribution in [0.5, 0.6) is 0 Å². The van der Waals surface area contributed by atoms with Crippen LogP contribution in [0, 0.1) is 0 Å². The van der Waals surface area contributed by atoms with Crippen molar-refractivity contribution < 1.29 is 4.42 Å². The summed E-state index contributed by atoms with van der Waals surface area (Å²) in [5.41, 5.74) is 22.3. The Morgan fingerprint density at radius 2 is 0.857 bits per heavy atom. The van der Waals surface area contributed by atoms with E-state index < -0.39 is 5.41 Å². The van der Waals surface area contributed by atoms with Crippen molar-refractivity contribution in [3.63, 3.8) is 0 Å². The molecule has 1 aromatic heterocycles. The van der Waals surface area contributed by atoms with Crippen LogP contribution in [0.2, 0.25) is 0 Å². The Hall–Kier alpha value is -8.72. The lowest BCUT2D eigenvalue weighted by molar-refractivity contribution is 0.660. The third kappa shape index (κ3) is 4.78. The number of fused-ring (bicyclic) bond motifs is 19. The monoisotopic (exact) mass is 889 g/mol. The molecule has 0 bridgehead atoms. The van der Waals surface area contributed by atoms with Gasteiger partial charge < -0.3 is 9.32 Å². The summed E-state index contributed by atoms with van der Waals surface area (Å²) >= 11 is 0. The molecule has 12 aromatic carbocycles. The van der Waals surface area contributed by atoms with E-state index in [1.54, 1.807) is 0 Å². The standard InChI is InChI=1S/C68H43NO/c1-67(2)56-22-9-5-19-49(56)50-33-29-44(38-60(50)67)69(45-30-34-52-51-20-8-12-25-62(51)70-63(52)39-45)43-31-35-59-55(37-43)47-17-4-3-16-46(47)48-18-6-10-23-57(48)68(59)58-24-11-7-21-53(58)66-54-32-28-41-15-13-14-40-26-27-42(36-61(66)68)65(54)64(40)41/h3-39H,1-2H3. The number of nitrogens with zero attached hydrogens (tertiary/aromatic N) is 1. The van der Waals surface area contributed by atoms with E-state index >= 15 is 0 Å². The number of rotatable bonds is 3. The first-order valence-electron chi connectivity index (χ1n) is 24.6. The highest BCUT2D eigenvalue weighted by Gasteiger charge is 2.50. The van der Waals surface area contributed by atoms with Crippen molar-refractivity contribution in [1.29, 1.82) is 0 Å². The number of furan rings is 1. The van der Waals surface area contributed by atoms with Crippen LogP contribution < -0.4 is 4.90 Å². The van der Waals surface area contributed by atoms with Gasteiger partial charge in [0.1, 0.15) is 11.2 Å². The first-order valence-corrected chi connectivity index (χ1v) is 24.6. The summed E-state index contributed by atoms with van der Waals surface area (Å²) in [7, 11) is 0. The molecular weight excluding hydrogens is 847 g/mol. The normalized spacial score (nSPS) is 15.7. The topological polar surface area (TPSA) is 16.4 Å². The van der Waals surface area contributed by atoms with Gasteiger partial charge in [-0.2, -0.15) is 0 Å². The fraction of sp³-hybridized carbons (Fsp3) is 0.0588. The fourth-order valence-electron chi connectivity index (χ4n) is 13.6. The molecule has 0 saturated heterocycles. The molecule has 1 spiro atoms. The van der Waals surface area contributed by atoms with Crippen LogP contribution in [-0.4, -0.2) is 0 Å². The Balaban J connectivity index is 1.00. The summed E-state index contributed by atoms with van der Waals surface area (Å²) in [6, 6.07) is 84.7. The van der Waals surface area contributed by atoms with Gasteiger partial charge in [0.25, 0.3) is 0 Å². The zero-order chi connectivity index (χ0) is 46.0. The van der Waals surface area contributed by atoms with Gasteiger partial charge in [-0.15, -0.1) is 0 Å². The molecule has 3 aliphatic carbocycles. The molecule has 13 aromatic rings. The lowest BCUT2D eigenvalue weighted by Gasteiger charge is -2.36. The largest absolute Gasteiger partial charge is 0.456 e. The molecule has 16 rings (SSSR count). The Morgan fingerprint density at radius 1 is 0.314 bits per heavy atom. The Morgan fingerprint density at radius 3 is 1.67 bits per heavy atom. The molecule has 1 atom stereocenters. The van der Waals surface area contributed by atoms with Gasteiger partial charge in [0, 0.05) is 39.3 Å². The van der Waals surface area contributed by atoms with Gasteiger partial charge in [-0.1, -0.05) is 184 Å². The summed E-state index contributed by atoms with van der Waals surface area (Å²) in [6.07, 6.45) is 0. The van der Waals surface area contributed by atoms with E-state index in [1.165, 1.54) is 110 Å². The van der Waals surface area contributed by atoms with E-state index in [9.17, 15) is 0 Å². The smallest absolute Gasteiger partial charge is 0.137 e. The lowest BCUT2D eigenvalue weighted by atomic mass is 9.65. The van der Waals surface area contributed by atoms with Crippen LogP contribution >= 0.6 is 0 Å². The summed E-state index contributed by atoms with van der Waals surface area (Å²) < 4.78 is 6.63. The number of hydrogen-bond donors (Lipinski definition) is 0. The second kappa shape index (κ2) is 13.5. The third-order valence-electron chi connectivity index (χ3n) is 16.6. The van der Waals surface area contributed by atoms with Crippen LogP contribution in [0.3, 0.4) is 0 Å². The van der Waals surface area contributed by atoms with Gasteiger partial charge in [-0.05, 0) is 159 Å². The molecule has 0 aliphatic heterocycles. The van der Waals surface area contributed by atoms with Crippen molar-refractivity contribution in [1.82, 2.24) is 0 Å². The van der Waals surface area contributed by atoms with Crippen molar-refractivity contribution >= 4 is 71.3 Å². The minimum atomic E-state index is -0.638. The second-order valence-corrected chi connectivity index (χ2v) is 20.3. The van der Waals surface area contributed by atoms with Gasteiger partial charge in [-0.3, -0.25) is 0 Å². The molecule has 0 amide bonds. The maximum absolute atomic E-state index is 6.63. The van der Waals surface area contributed by atoms with Crippen LogP contribution in [0.15, 0.2) is 229 Å². The van der Waals surface area contributed by atoms with Gasteiger partial charge in [0.15, 0.2) is 0 Å². The average Bonchev–Trinajstić information content (AvgIpc) is 3.98. The third-order valence-corrected chi connectivity index (χ3v) is 16.6. The zero-order valence-electron chi connectivity index (χ0n) is 38.7. The SMILES string of the molecule is CC1(C)c2ccccc2-c2ccc(N(c3ccc4c(c3)-c3ccccc3-c3ccccc3C43c4ccccc4-c4c3cc3ccc5cccc6ccc4c3c56)c3ccc4c(c3)oc3ccccc34)cc21. The summed E-state index contributed by atoms with van der Waals surface area (Å²) in [5.74, 6) is 0. The van der Waals surface area contributed by atoms with E-state index in [1.807, 2.05) is 0 Å². The fourth-order valence-corrected chi connectivity index (χ4v) is 13.6. The molecule has 2 heteroatoms. The highest BCUT2D eigenvalue weighted by molar-refractivity contribution is 6.27. The highest BCUT2D eigenvalue weighted by Crippen LogP contribution is 2.64. The van der Waals surface area contributed by atoms with E-state index in [2.05, 4.69) is 243 Å². The summed E-state index contributed by atoms with van der Waals surface area (Å²) in [6.45, 7) is 4.74. The minimum absolute atomic E-state index is 0.170. The average molecular weight is 890 g/mol. The Labute approximate surface area is 405 Å². The lowest BCUT2D eigenvalue weighted by Crippen LogP contribution is -2.29. The van der Waals surface area contributed by atoms with Crippen LogP contribution in [0.4, 0.5) is 17.1 Å². The predicted octanol–water partition coefficient (Wildman–Crippen LogP) is 18.3. The molecule has 3 aliphatic rings. The van der Waals surface area contributed by atoms with Crippen molar-refractivity contribution in [3.05, 3.63) is 258 Å². The Bertz CT molecular complexity index is 4400. The highest BCUT2D eigenvalue weighted by atomic mass is 16.3. The molecule has 0 radical (unpaired) electrons. The van der Waals surface area contributed by atoms with Crippen molar-refractivity contribution in [2.45, 2.75) is 24.7 Å². The van der Waals surface area contributed by atoms with E-state index in [0.29, 0.717) is 0 Å². The number of para-hydroxylation sites is 1. The molecule has 0 N–H and O–H groups in total. The molecule has 1 heterocycles. The predicted molar refractivity (Wildman–Crippen MR) is 291 cm³/mol. The summed E-state index contributed by atoms with van der Waals surface area (Å²) in [4.78, 5) is 2.46. The van der Waals surface area contributed by atoms with Gasteiger partial charge >= 0.3 is 0 Å². The number of anilines is 3. The summed E-state index contributed by atoms with van der Waals surface area (Å²) in [5, 5.41) is 10.1. The van der Waals surface area contributed by atoms with Gasteiger partial charge in [0.2, 0.25) is 0 Å². The van der Waals surface area contributed by atoms with Crippen molar-refractivity contribution in [2.75, 3.05) is 4.90 Å². The van der Waals surface area contributed by atoms with Crippen LogP contribution in [0.25, 0.3) is 98.8 Å². The van der Waals surface area contributed by atoms with Crippen molar-refractivity contribution in [3.8, 4) is 44.5 Å². The molecule has 0 fully saturated rings. The number of hydrogen-bond acceptors (Lipinski definition) is 2. The maximum atomic E-state index is 6.63. The van der Waals surface area contributed by atoms with E-state index in [0.717, 1.165) is 39.0 Å².